The van der Waals surface area contributed by atoms with Gasteiger partial charge in [0.05, 0.1) is 84.1 Å². The monoisotopic (exact) mass is 1690 g/mol. The molecule has 8 aliphatic heterocycles. The second-order valence-electron chi connectivity index (χ2n) is 36.0. The Morgan fingerprint density at radius 3 is 0.792 bits per heavy atom. The molecule has 24 nitrogen and oxygen atoms in total. The van der Waals surface area contributed by atoms with Crippen molar-refractivity contribution in [3.63, 3.8) is 0 Å². The number of nitrogens with two attached hydrogens (primary N) is 4. The first-order chi connectivity index (χ1) is 64.8. The fraction of sp³-hybridized carbons (Fsp3) is 0.708. The molecule has 0 bridgehead atoms. The normalized spacial score (nSPS) is 31.2. The van der Waals surface area contributed by atoms with Gasteiger partial charge in [0.1, 0.15) is 48.5 Å². The molecule has 0 spiro atoms. The largest absolute Gasteiger partial charge is 0.493 e. The van der Waals surface area contributed by atoms with Gasteiger partial charge in [-0.3, -0.25) is 38.8 Å². The molecule has 24 heteroatoms. The van der Waals surface area contributed by atoms with Gasteiger partial charge in [0.2, 0.25) is 0 Å². The molecule has 16 atom stereocenters. The highest BCUT2D eigenvalue weighted by Crippen LogP contribution is 2.50. The van der Waals surface area contributed by atoms with Crippen LogP contribution in [0.5, 0.6) is 46.0 Å². The average molecular weight is 1690 g/mol. The fourth-order valence-corrected chi connectivity index (χ4v) is 17.1. The minimum absolute atomic E-state index is 0.0157. The highest BCUT2D eigenvalue weighted by atomic mass is 16.6. The van der Waals surface area contributed by atoms with Gasteiger partial charge in [0, 0.05) is 126 Å². The smallest absolute Gasteiger partial charge is 0.323 e. The third kappa shape index (κ3) is 23.8. The summed E-state index contributed by atoms with van der Waals surface area (Å²) in [5, 5.41) is 0. The summed E-state index contributed by atoms with van der Waals surface area (Å²) in [5.74, 6) is -2.78. The topological polar surface area (TPSA) is 296 Å². The lowest BCUT2D eigenvalue weighted by Crippen LogP contribution is -2.51. The molecule has 12 unspecified atom stereocenters. The van der Waals surface area contributed by atoms with Crippen molar-refractivity contribution < 1.29 is 103 Å². The second kappa shape index (κ2) is 43.9. The number of hydrogen-bond acceptors (Lipinski definition) is 24. The van der Waals surface area contributed by atoms with Crippen LogP contribution in [0.25, 0.3) is 0 Å². The lowest BCUT2D eigenvalue weighted by molar-refractivity contribution is -0.161. The van der Waals surface area contributed by atoms with Crippen LogP contribution in [0, 0.1) is 71.0 Å². The number of rotatable bonds is 28. The number of methoxy groups -OCH3 is 8. The van der Waals surface area contributed by atoms with Crippen molar-refractivity contribution in [2.45, 2.75) is 260 Å². The van der Waals surface area contributed by atoms with E-state index in [1.54, 1.807) is 13.8 Å². The Hall–Kier alpha value is -7.16. The Kier molecular flexibility index (Phi) is 26.1. The first-order valence-corrected chi connectivity index (χ1v) is 43.0. The average Bonchev–Trinajstić information content (AvgIpc) is 0.711. The fourth-order valence-electron chi connectivity index (χ4n) is 17.1. The molecule has 120 heavy (non-hydrogen) atoms. The van der Waals surface area contributed by atoms with E-state index in [9.17, 15) is 27.4 Å². The third-order valence-corrected chi connectivity index (χ3v) is 23.9. The molecule has 0 amide bonds. The van der Waals surface area contributed by atoms with Gasteiger partial charge < -0.3 is 79.8 Å². The SMILES string of the molecule is [2H]c1c2c(c([2H])c(OC)c1OC([2H])([2H])[2H])C1([2H])CC(OC(=O)[C@@H](N)C(C)C)C(CC(C)C)CN1CC2.[2H]c1c2c(c([2H])c(OC)c1OC([2H])([2H])[2H])C1([2H])CC([2H])(OC(=O)[C@@H](N)C(C)C)C(CC(C)C)CN1CC2.[2H]c1c2c(c([2H])c(OC)c1OC)C1([2H])CC(OC(=O)[C@@H](N)C(C)C)C(CC(C)C)CN1CC2.[2H]c1c2c(c([2H])c(OC)c1OC)C1([2H])CC([2H])(OC(=O)[C@@H](N)C(C)C)C(CC(C)C)CN1CC2. The van der Waals surface area contributed by atoms with E-state index in [-0.39, 0.29) is 191 Å². The third-order valence-electron chi connectivity index (χ3n) is 23.9. The van der Waals surface area contributed by atoms with Crippen LogP contribution in [0.2, 0.25) is 0 Å². The zero-order valence-electron chi connectivity index (χ0n) is 95.2. The predicted molar refractivity (Wildman–Crippen MR) is 471 cm³/mol. The van der Waals surface area contributed by atoms with Crippen LogP contribution in [0.15, 0.2) is 48.3 Å². The number of carbonyl (C=O) groups excluding carboxylic acids is 4. The van der Waals surface area contributed by atoms with Crippen LogP contribution in [0.4, 0.5) is 0 Å². The number of benzene rings is 4. The Labute approximate surface area is 746 Å². The van der Waals surface area contributed by atoms with Gasteiger partial charge in [-0.1, -0.05) is 111 Å². The Morgan fingerprint density at radius 2 is 0.558 bits per heavy atom. The van der Waals surface area contributed by atoms with Crippen LogP contribution in [-0.4, -0.2) is 201 Å². The van der Waals surface area contributed by atoms with E-state index in [1.807, 2.05) is 70.1 Å². The number of esters is 4. The number of hydrogen-bond donors (Lipinski definition) is 4. The van der Waals surface area contributed by atoms with Crippen LogP contribution in [-0.2, 0) is 63.8 Å². The van der Waals surface area contributed by atoms with Crippen molar-refractivity contribution >= 4 is 23.9 Å². The van der Waals surface area contributed by atoms with E-state index in [4.69, 9.17) is 99.0 Å². The summed E-state index contributed by atoms with van der Waals surface area (Å²) >= 11 is 0. The summed E-state index contributed by atoms with van der Waals surface area (Å²) < 4.78 is 238. The second-order valence-corrected chi connectivity index (χ2v) is 36.0. The van der Waals surface area contributed by atoms with Gasteiger partial charge in [-0.25, -0.2) is 0 Å². The minimum atomic E-state index is -2.86. The molecule has 4 fully saturated rings. The lowest BCUT2D eigenvalue weighted by Gasteiger charge is -2.47. The van der Waals surface area contributed by atoms with E-state index in [0.717, 1.165) is 12.8 Å². The van der Waals surface area contributed by atoms with Gasteiger partial charge in [-0.05, 0) is 192 Å². The number of nitrogens with zero attached hydrogens (tertiary/aromatic N) is 4. The van der Waals surface area contributed by atoms with Gasteiger partial charge >= 0.3 is 23.9 Å². The van der Waals surface area contributed by atoms with Crippen LogP contribution in [0.3, 0.4) is 0 Å². The van der Waals surface area contributed by atoms with Crippen LogP contribution < -0.4 is 60.8 Å². The van der Waals surface area contributed by atoms with Gasteiger partial charge in [0.25, 0.3) is 0 Å². The molecule has 12 rings (SSSR count). The van der Waals surface area contributed by atoms with E-state index in [0.29, 0.717) is 130 Å². The zero-order chi connectivity index (χ0) is 105. The predicted octanol–water partition coefficient (Wildman–Crippen LogP) is 14.3. The number of carbonyl (C=O) groups is 4. The maximum absolute atomic E-state index is 12.9. The van der Waals surface area contributed by atoms with Crippen molar-refractivity contribution in [1.82, 2.24) is 19.6 Å². The van der Waals surface area contributed by atoms with Crippen molar-refractivity contribution in [3.8, 4) is 46.0 Å². The molecule has 0 saturated carbocycles. The van der Waals surface area contributed by atoms with Crippen molar-refractivity contribution in [2.24, 2.45) is 93.9 Å². The molecular weight excluding hydrogens is 1520 g/mol. The summed E-state index contributed by atoms with van der Waals surface area (Å²) in [6, 6.07) is -9.92. The molecule has 4 aromatic rings. The van der Waals surface area contributed by atoms with Crippen LogP contribution in [0.1, 0.15) is 258 Å². The highest BCUT2D eigenvalue weighted by Gasteiger charge is 2.47. The van der Waals surface area contributed by atoms with Crippen molar-refractivity contribution in [3.05, 3.63) is 92.8 Å². The van der Waals surface area contributed by atoms with Gasteiger partial charge in [-0.15, -0.1) is 0 Å². The van der Waals surface area contributed by atoms with E-state index < -0.39 is 116 Å². The Bertz CT molecular complexity index is 5080. The Balaban J connectivity index is 0.000000209. The van der Waals surface area contributed by atoms with E-state index in [2.05, 4.69) is 46.4 Å². The number of fused-ring (bicyclic) bond motifs is 12. The first-order valence-electron chi connectivity index (χ1n) is 53.0. The van der Waals surface area contributed by atoms with Crippen molar-refractivity contribution in [1.29, 1.82) is 0 Å². The molecule has 0 aliphatic carbocycles. The summed E-state index contributed by atoms with van der Waals surface area (Å²) in [5.41, 5.74) is 27.2. The molecule has 8 aliphatic rings. The maximum Gasteiger partial charge on any atom is 0.323 e. The molecule has 4 aromatic carbocycles. The standard InChI is InChI=1S/4C24H38N2O4/c4*1-14(2)9-17-13-26-8-7-16-10-21(28-5)22(29-6)11-18(16)19(26)12-20(17)30-24(27)23(25)15(3)4/h4*10-11,14-15,17,19-20,23H,7-9,12-13,25H2,1-6H3/t4*17?,19?,20?,23-/m0000/s1/i5D3,10D,11D,19D,20D;10D,11D,19D,20D;5D3,10D,11D,19D;10D,11D,19D. The summed E-state index contributed by atoms with van der Waals surface area (Å²) in [4.78, 5) is 59.2. The first kappa shape index (κ1) is 71.2. The van der Waals surface area contributed by atoms with E-state index >= 15 is 0 Å². The van der Waals surface area contributed by atoms with E-state index in [1.165, 1.54) is 42.7 Å². The summed E-state index contributed by atoms with van der Waals surface area (Å²) in [6.45, 7) is 34.9. The lowest BCUT2D eigenvalue weighted by atomic mass is 9.79. The molecule has 8 N–H and O–H groups in total. The molecule has 672 valence electrons. The molecule has 8 heterocycles. The summed E-state index contributed by atoms with van der Waals surface area (Å²) in [6.07, 6.45) is -0.108. The highest BCUT2D eigenvalue weighted by molar-refractivity contribution is 5.77. The van der Waals surface area contributed by atoms with Gasteiger partial charge in [-0.2, -0.15) is 0 Å². The van der Waals surface area contributed by atoms with Crippen LogP contribution >= 0.6 is 0 Å². The summed E-state index contributed by atoms with van der Waals surface area (Å²) in [7, 11) is 2.56. The Morgan fingerprint density at radius 1 is 0.342 bits per heavy atom. The minimum Gasteiger partial charge on any atom is -0.493 e. The maximum atomic E-state index is 12.9. The molecule has 0 aromatic heterocycles. The zero-order valence-corrected chi connectivity index (χ0v) is 75.2. The molecule has 0 radical (unpaired) electrons. The van der Waals surface area contributed by atoms with Crippen molar-refractivity contribution in [2.75, 3.05) is 109 Å². The quantitative estimate of drug-likeness (QED) is 0.0303. The molecule has 4 saturated heterocycles. The number of piperidine rings is 4. The number of ether oxygens (including phenoxy) is 12. The molecular formula is C96H152N8O16. The van der Waals surface area contributed by atoms with Gasteiger partial charge in [0.15, 0.2) is 46.0 Å².